The molecule has 0 saturated heterocycles. The molecule has 0 fully saturated rings. The number of nitrogens with zero attached hydrogens (tertiary/aromatic N) is 2. The van der Waals surface area contributed by atoms with Crippen molar-refractivity contribution in [2.45, 2.75) is 59.5 Å². The molecule has 5 nitrogen and oxygen atoms in total. The molecule has 6 heteroatoms. The molecule has 0 bridgehead atoms. The van der Waals surface area contributed by atoms with Crippen LogP contribution in [0.3, 0.4) is 0 Å². The quantitative estimate of drug-likeness (QED) is 0.414. The number of halogens is 1. The van der Waals surface area contributed by atoms with E-state index < -0.39 is 5.60 Å². The monoisotopic (exact) mass is 440 g/mol. The lowest BCUT2D eigenvalue weighted by atomic mass is 10.1. The average molecular weight is 441 g/mol. The first-order valence-electron chi connectivity index (χ1n) is 10.4. The van der Waals surface area contributed by atoms with Gasteiger partial charge in [-0.25, -0.2) is 0 Å². The maximum absolute atomic E-state index is 11.8. The Balaban J connectivity index is 1.96. The fraction of sp³-hybridized carbons (Fsp3) is 0.360. The molecule has 31 heavy (non-hydrogen) atoms. The number of carbonyl (C=O) groups excluding carboxylic acids is 1. The van der Waals surface area contributed by atoms with Gasteiger partial charge < -0.3 is 9.47 Å². The van der Waals surface area contributed by atoms with Gasteiger partial charge in [-0.05, 0) is 64.4 Å². The second-order valence-electron chi connectivity index (χ2n) is 8.32. The van der Waals surface area contributed by atoms with Crippen LogP contribution in [-0.4, -0.2) is 27.3 Å². The van der Waals surface area contributed by atoms with Crippen molar-refractivity contribution >= 4 is 17.4 Å². The summed E-state index contributed by atoms with van der Waals surface area (Å²) in [5.74, 6) is 0.773. The highest BCUT2D eigenvalue weighted by molar-refractivity contribution is 6.31. The summed E-state index contributed by atoms with van der Waals surface area (Å²) in [5, 5.41) is 5.45. The lowest BCUT2D eigenvalue weighted by Crippen LogP contribution is -2.32. The topological polar surface area (TPSA) is 53.4 Å². The van der Waals surface area contributed by atoms with Crippen LogP contribution in [0, 0.1) is 0 Å². The van der Waals surface area contributed by atoms with E-state index in [1.165, 1.54) is 6.92 Å². The average Bonchev–Trinajstić information content (AvgIpc) is 3.11. The molecular weight excluding hydrogens is 412 g/mol. The lowest BCUT2D eigenvalue weighted by Gasteiger charge is -2.21. The van der Waals surface area contributed by atoms with Crippen molar-refractivity contribution in [3.8, 4) is 17.0 Å². The lowest BCUT2D eigenvalue weighted by molar-refractivity contribution is -0.139. The second-order valence-corrected chi connectivity index (χ2v) is 8.73. The number of Topliss-reactive ketones (excluding diaryl/α,β-unsaturated/α-hetero) is 1. The summed E-state index contributed by atoms with van der Waals surface area (Å²) in [6, 6.07) is 17.7. The third-order valence-corrected chi connectivity index (χ3v) is 5.41. The standard InChI is InChI=1S/C25H29ClN2O3/c1-17(2)31-22-11-8-10-19(13-22)24-14-21(16-30-25(4,5)18(3)29)27-28(24)15-20-9-6-7-12-23(20)26/h6-14,17H,15-16H2,1-5H3. The minimum absolute atomic E-state index is 0.0261. The third kappa shape index (κ3) is 5.96. The van der Waals surface area contributed by atoms with Crippen LogP contribution in [0.15, 0.2) is 54.6 Å². The van der Waals surface area contributed by atoms with Crippen LogP contribution in [0.5, 0.6) is 5.75 Å². The predicted molar refractivity (Wildman–Crippen MR) is 124 cm³/mol. The van der Waals surface area contributed by atoms with Crippen molar-refractivity contribution in [3.05, 3.63) is 70.9 Å². The fourth-order valence-electron chi connectivity index (χ4n) is 3.04. The van der Waals surface area contributed by atoms with E-state index in [0.717, 1.165) is 28.3 Å². The molecule has 3 rings (SSSR count). The van der Waals surface area contributed by atoms with Gasteiger partial charge in [-0.2, -0.15) is 5.10 Å². The number of benzene rings is 2. The third-order valence-electron chi connectivity index (χ3n) is 5.04. The van der Waals surface area contributed by atoms with Crippen molar-refractivity contribution in [1.29, 1.82) is 0 Å². The van der Waals surface area contributed by atoms with Crippen LogP contribution in [-0.2, 0) is 22.7 Å². The van der Waals surface area contributed by atoms with Gasteiger partial charge in [-0.15, -0.1) is 0 Å². The van der Waals surface area contributed by atoms with Gasteiger partial charge in [0.15, 0.2) is 5.78 Å². The summed E-state index contributed by atoms with van der Waals surface area (Å²) < 4.78 is 13.6. The Hall–Kier alpha value is -2.63. The number of ketones is 1. The molecule has 0 amide bonds. The van der Waals surface area contributed by atoms with Crippen LogP contribution < -0.4 is 4.74 Å². The molecule has 0 spiro atoms. The second kappa shape index (κ2) is 9.67. The molecule has 3 aromatic rings. The van der Waals surface area contributed by atoms with Crippen LogP contribution in [0.25, 0.3) is 11.3 Å². The normalized spacial score (nSPS) is 11.7. The van der Waals surface area contributed by atoms with Crippen molar-refractivity contribution in [3.63, 3.8) is 0 Å². The Morgan fingerprint density at radius 1 is 1.13 bits per heavy atom. The van der Waals surface area contributed by atoms with Gasteiger partial charge in [-0.3, -0.25) is 9.48 Å². The van der Waals surface area contributed by atoms with Gasteiger partial charge >= 0.3 is 0 Å². The first-order chi connectivity index (χ1) is 14.7. The molecule has 164 valence electrons. The minimum atomic E-state index is -0.863. The molecule has 0 N–H and O–H groups in total. The molecule has 0 radical (unpaired) electrons. The fourth-order valence-corrected chi connectivity index (χ4v) is 3.23. The van der Waals surface area contributed by atoms with Crippen molar-refractivity contribution in [1.82, 2.24) is 9.78 Å². The molecule has 0 aliphatic heterocycles. The zero-order valence-electron chi connectivity index (χ0n) is 18.7. The summed E-state index contributed by atoms with van der Waals surface area (Å²) in [5.41, 5.74) is 2.76. The van der Waals surface area contributed by atoms with E-state index >= 15 is 0 Å². The maximum Gasteiger partial charge on any atom is 0.161 e. The number of rotatable bonds is 9. The first-order valence-corrected chi connectivity index (χ1v) is 10.8. The van der Waals surface area contributed by atoms with Gasteiger partial charge in [0, 0.05) is 10.6 Å². The largest absolute Gasteiger partial charge is 0.491 e. The summed E-state index contributed by atoms with van der Waals surface area (Å²) in [7, 11) is 0. The highest BCUT2D eigenvalue weighted by Gasteiger charge is 2.25. The number of hydrogen-bond donors (Lipinski definition) is 0. The van der Waals surface area contributed by atoms with Gasteiger partial charge in [0.1, 0.15) is 11.4 Å². The Morgan fingerprint density at radius 3 is 2.55 bits per heavy atom. The zero-order chi connectivity index (χ0) is 22.6. The Morgan fingerprint density at radius 2 is 1.87 bits per heavy atom. The van der Waals surface area contributed by atoms with E-state index in [4.69, 9.17) is 26.2 Å². The molecule has 0 unspecified atom stereocenters. The maximum atomic E-state index is 11.8. The molecular formula is C25H29ClN2O3. The SMILES string of the molecule is CC(=O)C(C)(C)OCc1cc(-c2cccc(OC(C)C)c2)n(Cc2ccccc2Cl)n1. The summed E-state index contributed by atoms with van der Waals surface area (Å²) in [4.78, 5) is 11.8. The van der Waals surface area contributed by atoms with Gasteiger partial charge in [0.05, 0.1) is 30.6 Å². The van der Waals surface area contributed by atoms with E-state index in [0.29, 0.717) is 11.6 Å². The summed E-state index contributed by atoms with van der Waals surface area (Å²) in [6.45, 7) is 9.81. The van der Waals surface area contributed by atoms with E-state index in [2.05, 4.69) is 0 Å². The molecule has 2 aromatic carbocycles. The Labute approximate surface area is 188 Å². The van der Waals surface area contributed by atoms with E-state index in [1.54, 1.807) is 13.8 Å². The highest BCUT2D eigenvalue weighted by atomic mass is 35.5. The number of carbonyl (C=O) groups is 1. The number of aromatic nitrogens is 2. The first kappa shape index (κ1) is 23.0. The Bertz CT molecular complexity index is 1060. The van der Waals surface area contributed by atoms with E-state index in [9.17, 15) is 4.79 Å². The molecule has 0 aliphatic carbocycles. The molecule has 0 aliphatic rings. The zero-order valence-corrected chi connectivity index (χ0v) is 19.4. The minimum Gasteiger partial charge on any atom is -0.491 e. The number of hydrogen-bond acceptors (Lipinski definition) is 4. The van der Waals surface area contributed by atoms with Crippen LogP contribution in [0.4, 0.5) is 0 Å². The van der Waals surface area contributed by atoms with Gasteiger partial charge in [0.2, 0.25) is 0 Å². The molecule has 0 saturated carbocycles. The molecule has 1 aromatic heterocycles. The van der Waals surface area contributed by atoms with E-state index in [1.807, 2.05) is 73.1 Å². The summed E-state index contributed by atoms with van der Waals surface area (Å²) in [6.07, 6.45) is 0.0843. The van der Waals surface area contributed by atoms with Crippen LogP contribution in [0.2, 0.25) is 5.02 Å². The Kier molecular flexibility index (Phi) is 7.19. The van der Waals surface area contributed by atoms with Gasteiger partial charge in [-0.1, -0.05) is 41.9 Å². The smallest absolute Gasteiger partial charge is 0.161 e. The molecule has 0 atom stereocenters. The summed E-state index contributed by atoms with van der Waals surface area (Å²) >= 11 is 6.39. The van der Waals surface area contributed by atoms with Crippen molar-refractivity contribution in [2.24, 2.45) is 0 Å². The van der Waals surface area contributed by atoms with Crippen LogP contribution in [0.1, 0.15) is 45.9 Å². The van der Waals surface area contributed by atoms with Crippen molar-refractivity contribution in [2.75, 3.05) is 0 Å². The number of ether oxygens (including phenoxy) is 2. The van der Waals surface area contributed by atoms with Gasteiger partial charge in [0.25, 0.3) is 0 Å². The molecule has 1 heterocycles. The van der Waals surface area contributed by atoms with E-state index in [-0.39, 0.29) is 18.5 Å². The van der Waals surface area contributed by atoms with Crippen LogP contribution >= 0.6 is 11.6 Å². The van der Waals surface area contributed by atoms with Crippen molar-refractivity contribution < 1.29 is 14.3 Å². The highest BCUT2D eigenvalue weighted by Crippen LogP contribution is 2.28. The predicted octanol–water partition coefficient (Wildman–Crippen LogP) is 5.92.